The van der Waals surface area contributed by atoms with E-state index in [1.54, 1.807) is 0 Å². The van der Waals surface area contributed by atoms with E-state index in [0.717, 1.165) is 13.0 Å². The molecular formula is C13H25N3. The molecule has 1 aromatic heterocycles. The molecule has 3 heteroatoms. The number of rotatable bonds is 6. The molecule has 0 aliphatic rings. The first-order valence-electron chi connectivity index (χ1n) is 6.18. The fourth-order valence-corrected chi connectivity index (χ4v) is 2.12. The Bertz CT molecular complexity index is 315. The van der Waals surface area contributed by atoms with Gasteiger partial charge in [0.05, 0.1) is 6.20 Å². The van der Waals surface area contributed by atoms with Crippen molar-refractivity contribution >= 4 is 0 Å². The highest BCUT2D eigenvalue weighted by Gasteiger charge is 2.24. The SMILES string of the molecule is CCCNC(C)CC(C)(C)c1cnn(C)c1. The Balaban J connectivity index is 2.57. The lowest BCUT2D eigenvalue weighted by atomic mass is 9.81. The number of nitrogens with zero attached hydrogens (tertiary/aromatic N) is 2. The van der Waals surface area contributed by atoms with Crippen LogP contribution >= 0.6 is 0 Å². The molecule has 1 atom stereocenters. The number of aromatic nitrogens is 2. The summed E-state index contributed by atoms with van der Waals surface area (Å²) in [4.78, 5) is 0. The second-order valence-electron chi connectivity index (χ2n) is 5.35. The molecule has 92 valence electrons. The molecule has 0 aliphatic heterocycles. The molecule has 0 fully saturated rings. The Morgan fingerprint density at radius 3 is 2.69 bits per heavy atom. The second kappa shape index (κ2) is 5.48. The standard InChI is InChI=1S/C13H25N3/c1-6-7-14-11(2)8-13(3,4)12-9-15-16(5)10-12/h9-11,14H,6-8H2,1-5H3. The van der Waals surface area contributed by atoms with Crippen molar-refractivity contribution in [3.05, 3.63) is 18.0 Å². The molecule has 0 aromatic carbocycles. The van der Waals surface area contributed by atoms with Gasteiger partial charge >= 0.3 is 0 Å². The van der Waals surface area contributed by atoms with E-state index in [-0.39, 0.29) is 5.41 Å². The lowest BCUT2D eigenvalue weighted by Crippen LogP contribution is -2.33. The normalized spacial score (nSPS) is 14.1. The maximum absolute atomic E-state index is 4.25. The third kappa shape index (κ3) is 3.63. The van der Waals surface area contributed by atoms with E-state index in [9.17, 15) is 0 Å². The summed E-state index contributed by atoms with van der Waals surface area (Å²) >= 11 is 0. The van der Waals surface area contributed by atoms with Crippen LogP contribution < -0.4 is 5.32 Å². The Hall–Kier alpha value is -0.830. The van der Waals surface area contributed by atoms with Gasteiger partial charge in [-0.2, -0.15) is 5.10 Å². The number of aryl methyl sites for hydroxylation is 1. The Kier molecular flexibility index (Phi) is 4.54. The van der Waals surface area contributed by atoms with Crippen LogP contribution in [-0.2, 0) is 12.5 Å². The molecule has 3 nitrogen and oxygen atoms in total. The van der Waals surface area contributed by atoms with Crippen molar-refractivity contribution in [2.45, 2.75) is 52.0 Å². The predicted octanol–water partition coefficient (Wildman–Crippen LogP) is 2.48. The summed E-state index contributed by atoms with van der Waals surface area (Å²) in [6.45, 7) is 10.1. The molecule has 1 N–H and O–H groups in total. The lowest BCUT2D eigenvalue weighted by Gasteiger charge is -2.27. The quantitative estimate of drug-likeness (QED) is 0.803. The van der Waals surface area contributed by atoms with Crippen LogP contribution in [0.1, 0.15) is 46.1 Å². The van der Waals surface area contributed by atoms with Crippen molar-refractivity contribution in [1.82, 2.24) is 15.1 Å². The van der Waals surface area contributed by atoms with Crippen LogP contribution in [0.5, 0.6) is 0 Å². The zero-order chi connectivity index (χ0) is 12.2. The van der Waals surface area contributed by atoms with Crippen LogP contribution in [0.15, 0.2) is 12.4 Å². The summed E-state index contributed by atoms with van der Waals surface area (Å²) in [5.74, 6) is 0. The minimum Gasteiger partial charge on any atom is -0.314 e. The maximum atomic E-state index is 4.25. The van der Waals surface area contributed by atoms with E-state index in [0.29, 0.717) is 6.04 Å². The van der Waals surface area contributed by atoms with Gasteiger partial charge in [-0.25, -0.2) is 0 Å². The third-order valence-corrected chi connectivity index (χ3v) is 3.05. The van der Waals surface area contributed by atoms with Gasteiger partial charge in [0.25, 0.3) is 0 Å². The molecule has 16 heavy (non-hydrogen) atoms. The van der Waals surface area contributed by atoms with E-state index in [4.69, 9.17) is 0 Å². The Morgan fingerprint density at radius 2 is 2.19 bits per heavy atom. The molecule has 1 rings (SSSR count). The number of hydrogen-bond acceptors (Lipinski definition) is 2. The Morgan fingerprint density at radius 1 is 1.50 bits per heavy atom. The van der Waals surface area contributed by atoms with Crippen molar-refractivity contribution in [3.63, 3.8) is 0 Å². The summed E-state index contributed by atoms with van der Waals surface area (Å²) in [6, 6.07) is 0.551. The van der Waals surface area contributed by atoms with Gasteiger partial charge in [0.1, 0.15) is 0 Å². The van der Waals surface area contributed by atoms with Gasteiger partial charge in [-0.1, -0.05) is 20.8 Å². The van der Waals surface area contributed by atoms with Crippen molar-refractivity contribution in [1.29, 1.82) is 0 Å². The van der Waals surface area contributed by atoms with Gasteiger partial charge in [-0.05, 0) is 37.3 Å². The number of hydrogen-bond donors (Lipinski definition) is 1. The second-order valence-corrected chi connectivity index (χ2v) is 5.35. The molecular weight excluding hydrogens is 198 g/mol. The van der Waals surface area contributed by atoms with Gasteiger partial charge in [0.2, 0.25) is 0 Å². The average molecular weight is 223 g/mol. The molecule has 1 heterocycles. The molecule has 1 unspecified atom stereocenters. The lowest BCUT2D eigenvalue weighted by molar-refractivity contribution is 0.389. The molecule has 0 saturated carbocycles. The highest BCUT2D eigenvalue weighted by Crippen LogP contribution is 2.27. The van der Waals surface area contributed by atoms with Crippen LogP contribution in [0.3, 0.4) is 0 Å². The summed E-state index contributed by atoms with van der Waals surface area (Å²) in [7, 11) is 1.97. The zero-order valence-electron chi connectivity index (χ0n) is 11.2. The molecule has 0 bridgehead atoms. The van der Waals surface area contributed by atoms with Crippen LogP contribution in [0, 0.1) is 0 Å². The predicted molar refractivity (Wildman–Crippen MR) is 68.6 cm³/mol. The molecule has 0 radical (unpaired) electrons. The fourth-order valence-electron chi connectivity index (χ4n) is 2.12. The minimum absolute atomic E-state index is 0.189. The molecule has 0 spiro atoms. The molecule has 1 aromatic rings. The van der Waals surface area contributed by atoms with E-state index in [1.165, 1.54) is 12.0 Å². The summed E-state index contributed by atoms with van der Waals surface area (Å²) in [5, 5.41) is 7.79. The third-order valence-electron chi connectivity index (χ3n) is 3.05. The van der Waals surface area contributed by atoms with Gasteiger partial charge < -0.3 is 5.32 Å². The first kappa shape index (κ1) is 13.2. The summed E-state index contributed by atoms with van der Waals surface area (Å²) in [5.41, 5.74) is 1.51. The van der Waals surface area contributed by atoms with Crippen molar-refractivity contribution in [2.24, 2.45) is 7.05 Å². The van der Waals surface area contributed by atoms with Crippen LogP contribution in [-0.4, -0.2) is 22.4 Å². The van der Waals surface area contributed by atoms with E-state index in [2.05, 4.69) is 44.3 Å². The Labute approximate surface area is 99.2 Å². The average Bonchev–Trinajstić information content (AvgIpc) is 2.62. The van der Waals surface area contributed by atoms with Gasteiger partial charge in [0, 0.05) is 19.3 Å². The van der Waals surface area contributed by atoms with E-state index >= 15 is 0 Å². The first-order chi connectivity index (χ1) is 7.45. The zero-order valence-corrected chi connectivity index (χ0v) is 11.2. The maximum Gasteiger partial charge on any atom is 0.0527 e. The van der Waals surface area contributed by atoms with E-state index < -0.39 is 0 Å². The van der Waals surface area contributed by atoms with Crippen LogP contribution in [0.2, 0.25) is 0 Å². The minimum atomic E-state index is 0.189. The van der Waals surface area contributed by atoms with Gasteiger partial charge in [-0.15, -0.1) is 0 Å². The van der Waals surface area contributed by atoms with Crippen molar-refractivity contribution in [2.75, 3.05) is 6.54 Å². The molecule has 0 amide bonds. The smallest absolute Gasteiger partial charge is 0.0527 e. The number of nitrogens with one attached hydrogen (secondary N) is 1. The van der Waals surface area contributed by atoms with Crippen LogP contribution in [0.4, 0.5) is 0 Å². The van der Waals surface area contributed by atoms with E-state index in [1.807, 2.05) is 17.9 Å². The van der Waals surface area contributed by atoms with Crippen molar-refractivity contribution in [3.8, 4) is 0 Å². The monoisotopic (exact) mass is 223 g/mol. The summed E-state index contributed by atoms with van der Waals surface area (Å²) < 4.78 is 1.88. The highest BCUT2D eigenvalue weighted by molar-refractivity contribution is 5.17. The van der Waals surface area contributed by atoms with Gasteiger partial charge in [-0.3, -0.25) is 4.68 Å². The first-order valence-corrected chi connectivity index (χ1v) is 6.18. The fraction of sp³-hybridized carbons (Fsp3) is 0.769. The molecule has 0 saturated heterocycles. The van der Waals surface area contributed by atoms with Crippen molar-refractivity contribution < 1.29 is 0 Å². The molecule has 0 aliphatic carbocycles. The van der Waals surface area contributed by atoms with Crippen LogP contribution in [0.25, 0.3) is 0 Å². The summed E-state index contributed by atoms with van der Waals surface area (Å²) in [6.07, 6.45) is 6.43. The highest BCUT2D eigenvalue weighted by atomic mass is 15.2. The van der Waals surface area contributed by atoms with Gasteiger partial charge in [0.15, 0.2) is 0 Å². The largest absolute Gasteiger partial charge is 0.314 e. The topological polar surface area (TPSA) is 29.9 Å².